The lowest BCUT2D eigenvalue weighted by molar-refractivity contribution is -0.142. The number of nitrogens with two attached hydrogens (primary N) is 2. The van der Waals surface area contributed by atoms with Crippen LogP contribution >= 0.6 is 0 Å². The SMILES string of the molecule is NC(N)=NCCC[C@H](NC(=O)CNC(=O)[C@@H]1CCCN1C(=O)[C@H](Cc1cnc[nH]1)NC(=O)[C@@H]1CCC(=O)N1)C(=O)O. The number of aliphatic carboxylic acids is 1. The molecule has 2 aliphatic rings. The second-order valence-electron chi connectivity index (χ2n) is 9.82. The maximum absolute atomic E-state index is 13.6. The summed E-state index contributed by atoms with van der Waals surface area (Å²) in [5, 5.41) is 19.5. The number of amides is 5. The van der Waals surface area contributed by atoms with Crippen LogP contribution in [0.4, 0.5) is 0 Å². The molecule has 0 unspecified atom stereocenters. The molecule has 17 heteroatoms. The van der Waals surface area contributed by atoms with E-state index in [2.05, 4.69) is 36.2 Å². The Bertz CT molecular complexity index is 1150. The van der Waals surface area contributed by atoms with Gasteiger partial charge >= 0.3 is 5.97 Å². The van der Waals surface area contributed by atoms with Crippen LogP contribution in [-0.2, 0) is 35.2 Å². The smallest absolute Gasteiger partial charge is 0.326 e. The summed E-state index contributed by atoms with van der Waals surface area (Å²) >= 11 is 0. The Balaban J connectivity index is 1.58. The number of hydrogen-bond donors (Lipinski definition) is 8. The first-order chi connectivity index (χ1) is 19.5. The molecule has 0 aliphatic carbocycles. The summed E-state index contributed by atoms with van der Waals surface area (Å²) in [6.45, 7) is -0.0401. The number of hydrogen-bond acceptors (Lipinski definition) is 8. The normalized spacial score (nSPS) is 19.5. The Morgan fingerprint density at radius 2 is 1.93 bits per heavy atom. The molecule has 1 aromatic rings. The zero-order chi connectivity index (χ0) is 29.9. The van der Waals surface area contributed by atoms with Gasteiger partial charge in [0.15, 0.2) is 5.96 Å². The fraction of sp³-hybridized carbons (Fsp3) is 0.583. The zero-order valence-corrected chi connectivity index (χ0v) is 22.4. The van der Waals surface area contributed by atoms with E-state index >= 15 is 0 Å². The van der Waals surface area contributed by atoms with Crippen LogP contribution in [0.3, 0.4) is 0 Å². The van der Waals surface area contributed by atoms with E-state index in [1.165, 1.54) is 17.4 Å². The van der Waals surface area contributed by atoms with Gasteiger partial charge in [0.05, 0.1) is 12.9 Å². The molecule has 0 spiro atoms. The van der Waals surface area contributed by atoms with Crippen molar-refractivity contribution in [2.24, 2.45) is 16.5 Å². The van der Waals surface area contributed by atoms with E-state index in [1.54, 1.807) is 0 Å². The third-order valence-corrected chi connectivity index (χ3v) is 6.75. The quantitative estimate of drug-likeness (QED) is 0.0613. The molecule has 41 heavy (non-hydrogen) atoms. The number of H-pyrrole nitrogens is 1. The number of carboxylic acid groups (broad SMARTS) is 1. The van der Waals surface area contributed by atoms with Crippen LogP contribution in [0.2, 0.25) is 0 Å². The maximum atomic E-state index is 13.6. The largest absolute Gasteiger partial charge is 0.480 e. The molecule has 3 rings (SSSR count). The van der Waals surface area contributed by atoms with Crippen LogP contribution in [0.25, 0.3) is 0 Å². The average Bonchev–Trinajstić information content (AvgIpc) is 3.70. The first-order valence-corrected chi connectivity index (χ1v) is 13.3. The summed E-state index contributed by atoms with van der Waals surface area (Å²) < 4.78 is 0. The van der Waals surface area contributed by atoms with Crippen molar-refractivity contribution < 1.29 is 33.9 Å². The van der Waals surface area contributed by atoms with Crippen molar-refractivity contribution in [3.8, 4) is 0 Å². The van der Waals surface area contributed by atoms with Crippen LogP contribution in [0.1, 0.15) is 44.2 Å². The molecule has 0 saturated carbocycles. The predicted molar refractivity (Wildman–Crippen MR) is 143 cm³/mol. The van der Waals surface area contributed by atoms with E-state index in [1.807, 2.05) is 0 Å². The van der Waals surface area contributed by atoms with Gasteiger partial charge in [-0.05, 0) is 32.1 Å². The number of imidazole rings is 1. The van der Waals surface area contributed by atoms with Crippen LogP contribution in [0.5, 0.6) is 0 Å². The van der Waals surface area contributed by atoms with E-state index in [-0.39, 0.29) is 44.2 Å². The summed E-state index contributed by atoms with van der Waals surface area (Å²) in [5.41, 5.74) is 11.1. The van der Waals surface area contributed by atoms with Gasteiger partial charge in [-0.2, -0.15) is 0 Å². The minimum absolute atomic E-state index is 0.0741. The molecule has 1 aromatic heterocycles. The molecule has 5 amide bonds. The van der Waals surface area contributed by atoms with Crippen LogP contribution in [-0.4, -0.2) is 105 Å². The molecule has 0 radical (unpaired) electrons. The molecule has 0 aromatic carbocycles. The summed E-state index contributed by atoms with van der Waals surface area (Å²) in [7, 11) is 0. The Hall–Kier alpha value is -4.70. The van der Waals surface area contributed by atoms with Crippen molar-refractivity contribution in [3.63, 3.8) is 0 Å². The molecular formula is C24H36N10O7. The van der Waals surface area contributed by atoms with Crippen molar-refractivity contribution in [2.75, 3.05) is 19.6 Å². The molecule has 3 heterocycles. The van der Waals surface area contributed by atoms with Gasteiger partial charge in [0.2, 0.25) is 29.5 Å². The number of aromatic amines is 1. The van der Waals surface area contributed by atoms with Crippen molar-refractivity contribution in [2.45, 2.75) is 69.1 Å². The fourth-order valence-corrected chi connectivity index (χ4v) is 4.69. The van der Waals surface area contributed by atoms with Gasteiger partial charge in [-0.25, -0.2) is 9.78 Å². The van der Waals surface area contributed by atoms with E-state index in [4.69, 9.17) is 11.5 Å². The van der Waals surface area contributed by atoms with Gasteiger partial charge in [-0.1, -0.05) is 0 Å². The van der Waals surface area contributed by atoms with Gasteiger partial charge in [0, 0.05) is 37.8 Å². The number of likely N-dealkylation sites (tertiary alicyclic amines) is 1. The van der Waals surface area contributed by atoms with Crippen molar-refractivity contribution >= 4 is 41.5 Å². The Labute approximate surface area is 235 Å². The topological polar surface area (TPSA) is 267 Å². The molecule has 2 saturated heterocycles. The van der Waals surface area contributed by atoms with Crippen molar-refractivity contribution in [1.29, 1.82) is 0 Å². The van der Waals surface area contributed by atoms with E-state index in [0.717, 1.165) is 0 Å². The molecular weight excluding hydrogens is 540 g/mol. The lowest BCUT2D eigenvalue weighted by Gasteiger charge is -2.29. The highest BCUT2D eigenvalue weighted by Gasteiger charge is 2.39. The molecule has 10 N–H and O–H groups in total. The number of aromatic nitrogens is 2. The first-order valence-electron chi connectivity index (χ1n) is 13.3. The number of aliphatic imine (C=N–C) groups is 1. The molecule has 2 fully saturated rings. The van der Waals surface area contributed by atoms with Gasteiger partial charge in [0.1, 0.15) is 24.2 Å². The molecule has 17 nitrogen and oxygen atoms in total. The third kappa shape index (κ3) is 9.18. The molecule has 224 valence electrons. The van der Waals surface area contributed by atoms with E-state index in [0.29, 0.717) is 31.4 Å². The van der Waals surface area contributed by atoms with Crippen LogP contribution in [0.15, 0.2) is 17.5 Å². The Kier molecular flexibility index (Phi) is 11.0. The third-order valence-electron chi connectivity index (χ3n) is 6.75. The fourth-order valence-electron chi connectivity index (χ4n) is 4.69. The highest BCUT2D eigenvalue weighted by molar-refractivity contribution is 5.96. The summed E-state index contributed by atoms with van der Waals surface area (Å²) in [6, 6.07) is -3.88. The van der Waals surface area contributed by atoms with Gasteiger partial charge < -0.3 is 47.7 Å². The molecule has 4 atom stereocenters. The summed E-state index contributed by atoms with van der Waals surface area (Å²) in [4.78, 5) is 86.7. The minimum atomic E-state index is -1.25. The summed E-state index contributed by atoms with van der Waals surface area (Å²) in [6.07, 6.45) is 4.80. The van der Waals surface area contributed by atoms with Gasteiger partial charge in [-0.15, -0.1) is 0 Å². The first kappa shape index (κ1) is 30.8. The monoisotopic (exact) mass is 576 g/mol. The minimum Gasteiger partial charge on any atom is -0.480 e. The van der Waals surface area contributed by atoms with Gasteiger partial charge in [0.25, 0.3) is 0 Å². The highest BCUT2D eigenvalue weighted by atomic mass is 16.4. The number of guanidine groups is 1. The Morgan fingerprint density at radius 3 is 2.56 bits per heavy atom. The van der Waals surface area contributed by atoms with Crippen molar-refractivity contribution in [1.82, 2.24) is 36.1 Å². The summed E-state index contributed by atoms with van der Waals surface area (Å²) in [5.74, 6) is -3.91. The number of rotatable bonds is 14. The lowest BCUT2D eigenvalue weighted by atomic mass is 10.1. The lowest BCUT2D eigenvalue weighted by Crippen LogP contribution is -2.57. The molecule has 0 bridgehead atoms. The maximum Gasteiger partial charge on any atom is 0.326 e. The zero-order valence-electron chi connectivity index (χ0n) is 22.4. The van der Waals surface area contributed by atoms with Crippen LogP contribution in [0, 0.1) is 0 Å². The molecule has 2 aliphatic heterocycles. The van der Waals surface area contributed by atoms with Crippen LogP contribution < -0.4 is 32.7 Å². The second kappa shape index (κ2) is 14.6. The van der Waals surface area contributed by atoms with E-state index in [9.17, 15) is 33.9 Å². The number of carbonyl (C=O) groups is 6. The van der Waals surface area contributed by atoms with E-state index < -0.39 is 60.3 Å². The predicted octanol–water partition coefficient (Wildman–Crippen LogP) is -3.55. The second-order valence-corrected chi connectivity index (χ2v) is 9.82. The van der Waals surface area contributed by atoms with Gasteiger partial charge in [-0.3, -0.25) is 29.0 Å². The van der Waals surface area contributed by atoms with Crippen molar-refractivity contribution in [3.05, 3.63) is 18.2 Å². The Morgan fingerprint density at radius 1 is 1.15 bits per heavy atom. The number of carboxylic acids is 1. The highest BCUT2D eigenvalue weighted by Crippen LogP contribution is 2.20. The average molecular weight is 577 g/mol. The number of carbonyl (C=O) groups excluding carboxylic acids is 5. The number of nitrogens with one attached hydrogen (secondary N) is 5. The number of nitrogens with zero attached hydrogens (tertiary/aromatic N) is 3. The standard InChI is InChI=1S/C24H36N10O7/c25-24(26)28-7-1-3-15(23(40)41)32-19(36)11-29-21(38)17-4-2-8-34(17)22(39)16(9-13-10-27-12-30-13)33-20(37)14-5-6-18(35)31-14/h10,12,14-17H,1-9,11H2,(H,27,30)(H,29,38)(H,31,35)(H,32,36)(H,33,37)(H,40,41)(H4,25,26,28)/t14-,15-,16-,17-/m0/s1.